The summed E-state index contributed by atoms with van der Waals surface area (Å²) in [7, 11) is 0. The highest BCUT2D eigenvalue weighted by Gasteiger charge is 2.30. The van der Waals surface area contributed by atoms with Gasteiger partial charge >= 0.3 is 6.18 Å². The highest BCUT2D eigenvalue weighted by molar-refractivity contribution is 9.10. The molecule has 0 spiro atoms. The average Bonchev–Trinajstić information content (AvgIpc) is 2.38. The minimum Gasteiger partial charge on any atom is -0.261 e. The van der Waals surface area contributed by atoms with Gasteiger partial charge in [0.05, 0.1) is 11.8 Å². The topological polar surface area (TPSA) is 37.3 Å². The van der Waals surface area contributed by atoms with Gasteiger partial charge in [-0.3, -0.25) is 5.43 Å². The van der Waals surface area contributed by atoms with Crippen LogP contribution in [0.4, 0.5) is 19.0 Å². The summed E-state index contributed by atoms with van der Waals surface area (Å²) in [4.78, 5) is 3.64. The van der Waals surface area contributed by atoms with Crippen LogP contribution in [0.1, 0.15) is 11.1 Å². The summed E-state index contributed by atoms with van der Waals surface area (Å²) in [5.41, 5.74) is 2.62. The molecule has 0 amide bonds. The van der Waals surface area contributed by atoms with E-state index in [4.69, 9.17) is 0 Å². The zero-order chi connectivity index (χ0) is 14.6. The van der Waals surface area contributed by atoms with Crippen LogP contribution in [-0.2, 0) is 6.18 Å². The molecule has 2 aromatic rings. The van der Waals surface area contributed by atoms with Crippen molar-refractivity contribution in [1.82, 2.24) is 4.98 Å². The number of rotatable bonds is 3. The molecule has 0 aliphatic rings. The molecule has 0 aliphatic heterocycles. The van der Waals surface area contributed by atoms with E-state index in [1.165, 1.54) is 6.07 Å². The molecule has 1 heterocycles. The molecule has 1 aromatic heterocycles. The lowest BCUT2D eigenvalue weighted by Gasteiger charge is -2.06. The lowest BCUT2D eigenvalue weighted by Crippen LogP contribution is -2.05. The molecule has 0 atom stereocenters. The molecule has 0 radical (unpaired) electrons. The maximum absolute atomic E-state index is 12.3. The third-order valence-corrected chi connectivity index (χ3v) is 2.83. The molecule has 20 heavy (non-hydrogen) atoms. The van der Waals surface area contributed by atoms with Gasteiger partial charge in [-0.2, -0.15) is 18.3 Å². The van der Waals surface area contributed by atoms with Crippen molar-refractivity contribution in [3.05, 3.63) is 58.2 Å². The van der Waals surface area contributed by atoms with Gasteiger partial charge in [0.15, 0.2) is 0 Å². The summed E-state index contributed by atoms with van der Waals surface area (Å²) in [6.45, 7) is 0. The van der Waals surface area contributed by atoms with Gasteiger partial charge in [0, 0.05) is 10.7 Å². The van der Waals surface area contributed by atoms with Crippen LogP contribution in [0.2, 0.25) is 0 Å². The van der Waals surface area contributed by atoms with Crippen molar-refractivity contribution >= 4 is 28.0 Å². The Labute approximate surface area is 121 Å². The molecular formula is C13H9BrF3N3. The van der Waals surface area contributed by atoms with Crippen LogP contribution in [0, 0.1) is 0 Å². The number of nitrogens with one attached hydrogen (secondary N) is 1. The Morgan fingerprint density at radius 2 is 2.00 bits per heavy atom. The molecule has 104 valence electrons. The van der Waals surface area contributed by atoms with Gasteiger partial charge in [0.25, 0.3) is 0 Å². The number of aromatic nitrogens is 1. The van der Waals surface area contributed by atoms with Gasteiger partial charge in [0.2, 0.25) is 0 Å². The van der Waals surface area contributed by atoms with Gasteiger partial charge in [-0.1, -0.05) is 28.1 Å². The van der Waals surface area contributed by atoms with Gasteiger partial charge in [-0.15, -0.1) is 0 Å². The van der Waals surface area contributed by atoms with E-state index in [0.29, 0.717) is 0 Å². The molecule has 7 heteroatoms. The number of pyridine rings is 1. The van der Waals surface area contributed by atoms with E-state index in [1.807, 2.05) is 24.3 Å². The second-order valence-corrected chi connectivity index (χ2v) is 4.77. The first kappa shape index (κ1) is 14.5. The number of benzene rings is 1. The van der Waals surface area contributed by atoms with Crippen LogP contribution in [0.25, 0.3) is 0 Å². The zero-order valence-electron chi connectivity index (χ0n) is 10.0. The first-order chi connectivity index (χ1) is 9.45. The zero-order valence-corrected chi connectivity index (χ0v) is 11.6. The van der Waals surface area contributed by atoms with E-state index < -0.39 is 11.7 Å². The quantitative estimate of drug-likeness (QED) is 0.666. The number of anilines is 1. The first-order valence-corrected chi connectivity index (χ1v) is 6.32. The number of alkyl halides is 3. The number of halogens is 4. The van der Waals surface area contributed by atoms with Crippen molar-refractivity contribution in [1.29, 1.82) is 0 Å². The lowest BCUT2D eigenvalue weighted by atomic mass is 10.2. The highest BCUT2D eigenvalue weighted by atomic mass is 79.9. The van der Waals surface area contributed by atoms with Gasteiger partial charge in [0.1, 0.15) is 5.82 Å². The maximum atomic E-state index is 12.3. The van der Waals surface area contributed by atoms with Crippen molar-refractivity contribution in [3.63, 3.8) is 0 Å². The van der Waals surface area contributed by atoms with Gasteiger partial charge < -0.3 is 0 Å². The van der Waals surface area contributed by atoms with Crippen molar-refractivity contribution in [2.45, 2.75) is 6.18 Å². The molecule has 0 fully saturated rings. The van der Waals surface area contributed by atoms with Gasteiger partial charge in [-0.25, -0.2) is 4.98 Å². The van der Waals surface area contributed by atoms with E-state index in [-0.39, 0.29) is 5.82 Å². The maximum Gasteiger partial charge on any atom is 0.417 e. The van der Waals surface area contributed by atoms with Crippen LogP contribution >= 0.6 is 15.9 Å². The van der Waals surface area contributed by atoms with Crippen molar-refractivity contribution in [3.8, 4) is 0 Å². The van der Waals surface area contributed by atoms with Crippen LogP contribution in [0.5, 0.6) is 0 Å². The van der Waals surface area contributed by atoms with Crippen LogP contribution in [-0.4, -0.2) is 11.2 Å². The second-order valence-electron chi connectivity index (χ2n) is 3.85. The third kappa shape index (κ3) is 4.06. The Bertz CT molecular complexity index is 609. The Morgan fingerprint density at radius 1 is 1.20 bits per heavy atom. The fourth-order valence-corrected chi connectivity index (χ4v) is 1.80. The number of hydrogen-bond donors (Lipinski definition) is 1. The standard InChI is InChI=1S/C13H9BrF3N3/c14-11-3-1-2-9(6-11)7-19-20-12-5-4-10(8-18-12)13(15,16)17/h1-8H,(H,18,20). The predicted molar refractivity (Wildman–Crippen MR) is 74.6 cm³/mol. The molecular weight excluding hydrogens is 335 g/mol. The fourth-order valence-electron chi connectivity index (χ4n) is 1.39. The molecule has 1 N–H and O–H groups in total. The van der Waals surface area contributed by atoms with E-state index in [1.54, 1.807) is 6.21 Å². The molecule has 0 saturated carbocycles. The number of hydrazone groups is 1. The van der Waals surface area contributed by atoms with Crippen LogP contribution in [0.15, 0.2) is 52.2 Å². The first-order valence-electron chi connectivity index (χ1n) is 5.53. The smallest absolute Gasteiger partial charge is 0.261 e. The van der Waals surface area contributed by atoms with E-state index in [0.717, 1.165) is 22.3 Å². The highest BCUT2D eigenvalue weighted by Crippen LogP contribution is 2.28. The van der Waals surface area contributed by atoms with Gasteiger partial charge in [-0.05, 0) is 29.8 Å². The molecule has 1 aromatic carbocycles. The van der Waals surface area contributed by atoms with E-state index >= 15 is 0 Å². The monoisotopic (exact) mass is 343 g/mol. The van der Waals surface area contributed by atoms with E-state index in [9.17, 15) is 13.2 Å². The molecule has 2 rings (SSSR count). The normalized spacial score (nSPS) is 11.8. The Balaban J connectivity index is 2.01. The minimum atomic E-state index is -4.38. The van der Waals surface area contributed by atoms with Crippen molar-refractivity contribution in [2.75, 3.05) is 5.43 Å². The Morgan fingerprint density at radius 3 is 2.60 bits per heavy atom. The van der Waals surface area contributed by atoms with Crippen molar-refractivity contribution < 1.29 is 13.2 Å². The number of hydrogen-bond acceptors (Lipinski definition) is 3. The Hall–Kier alpha value is -1.89. The summed E-state index contributed by atoms with van der Waals surface area (Å²) in [5.74, 6) is 0.240. The molecule has 3 nitrogen and oxygen atoms in total. The Kier molecular flexibility index (Phi) is 4.39. The molecule has 0 bridgehead atoms. The van der Waals surface area contributed by atoms with Crippen molar-refractivity contribution in [2.24, 2.45) is 5.10 Å². The number of nitrogens with zero attached hydrogens (tertiary/aromatic N) is 2. The fraction of sp³-hybridized carbons (Fsp3) is 0.0769. The summed E-state index contributed by atoms with van der Waals surface area (Å²) in [5, 5.41) is 3.91. The summed E-state index contributed by atoms with van der Waals surface area (Å²) >= 11 is 3.32. The average molecular weight is 344 g/mol. The summed E-state index contributed by atoms with van der Waals surface area (Å²) in [6, 6.07) is 9.59. The SMILES string of the molecule is FC(F)(F)c1ccc(NN=Cc2cccc(Br)c2)nc1. The predicted octanol–water partition coefficient (Wildman–Crippen LogP) is 4.31. The minimum absolute atomic E-state index is 0.240. The third-order valence-electron chi connectivity index (χ3n) is 2.33. The van der Waals surface area contributed by atoms with Crippen LogP contribution < -0.4 is 5.43 Å². The molecule has 0 unspecified atom stereocenters. The summed E-state index contributed by atoms with van der Waals surface area (Å²) < 4.78 is 37.9. The van der Waals surface area contributed by atoms with E-state index in [2.05, 4.69) is 31.4 Å². The molecule has 0 aliphatic carbocycles. The summed E-state index contributed by atoms with van der Waals surface area (Å²) in [6.07, 6.45) is -2.08. The lowest BCUT2D eigenvalue weighted by molar-refractivity contribution is -0.137. The van der Waals surface area contributed by atoms with Crippen LogP contribution in [0.3, 0.4) is 0 Å². The largest absolute Gasteiger partial charge is 0.417 e. The molecule has 0 saturated heterocycles. The second kappa shape index (κ2) is 6.04.